The second kappa shape index (κ2) is 10.5. The van der Waals surface area contributed by atoms with E-state index in [0.29, 0.717) is 22.7 Å². The van der Waals surface area contributed by atoms with Gasteiger partial charge in [-0.3, -0.25) is 9.59 Å². The highest BCUT2D eigenvalue weighted by Gasteiger charge is 2.10. The maximum Gasteiger partial charge on any atom is 0.265 e. The van der Waals surface area contributed by atoms with Gasteiger partial charge in [0, 0.05) is 24.3 Å². The molecule has 0 unspecified atom stereocenters. The van der Waals surface area contributed by atoms with Crippen molar-refractivity contribution in [2.75, 3.05) is 25.5 Å². The number of hydrogen-bond acceptors (Lipinski definition) is 4. The van der Waals surface area contributed by atoms with Crippen molar-refractivity contribution in [3.63, 3.8) is 0 Å². The van der Waals surface area contributed by atoms with Gasteiger partial charge in [0.1, 0.15) is 0 Å². The summed E-state index contributed by atoms with van der Waals surface area (Å²) in [7, 11) is 2.08. The van der Waals surface area contributed by atoms with E-state index in [1.165, 1.54) is 16.9 Å². The summed E-state index contributed by atoms with van der Waals surface area (Å²) in [6.07, 6.45) is 0.865. The predicted molar refractivity (Wildman–Crippen MR) is 118 cm³/mol. The quantitative estimate of drug-likeness (QED) is 0.521. The largest absolute Gasteiger partial charge is 0.352 e. The lowest BCUT2D eigenvalue weighted by Gasteiger charge is -2.16. The van der Waals surface area contributed by atoms with Crippen molar-refractivity contribution in [1.82, 2.24) is 10.2 Å². The molecular weight excluding hydrogens is 382 g/mol. The number of nitrogens with zero attached hydrogens (tertiary/aromatic N) is 1. The Labute approximate surface area is 175 Å². The van der Waals surface area contributed by atoms with Gasteiger partial charge in [-0.1, -0.05) is 42.5 Å². The zero-order valence-corrected chi connectivity index (χ0v) is 17.2. The van der Waals surface area contributed by atoms with E-state index in [1.807, 2.05) is 29.6 Å². The third-order valence-corrected chi connectivity index (χ3v) is 5.29. The van der Waals surface area contributed by atoms with Crippen LogP contribution in [-0.4, -0.2) is 36.9 Å². The molecule has 5 nitrogen and oxygen atoms in total. The molecule has 0 aliphatic carbocycles. The number of amides is 2. The summed E-state index contributed by atoms with van der Waals surface area (Å²) < 4.78 is 0. The fourth-order valence-electron chi connectivity index (χ4n) is 2.97. The first-order valence-corrected chi connectivity index (χ1v) is 10.5. The van der Waals surface area contributed by atoms with Crippen molar-refractivity contribution in [2.45, 2.75) is 13.0 Å². The summed E-state index contributed by atoms with van der Waals surface area (Å²) in [6.45, 7) is 2.39. The molecule has 2 N–H and O–H groups in total. The zero-order chi connectivity index (χ0) is 20.5. The van der Waals surface area contributed by atoms with Crippen LogP contribution in [0.15, 0.2) is 72.1 Å². The molecule has 0 saturated carbocycles. The van der Waals surface area contributed by atoms with E-state index in [4.69, 9.17) is 0 Å². The van der Waals surface area contributed by atoms with Gasteiger partial charge in [-0.25, -0.2) is 0 Å². The number of hydrogen-bond donors (Lipinski definition) is 2. The van der Waals surface area contributed by atoms with E-state index in [0.717, 1.165) is 19.5 Å². The number of benzene rings is 2. The molecule has 1 aromatic heterocycles. The summed E-state index contributed by atoms with van der Waals surface area (Å²) in [5, 5.41) is 7.64. The lowest BCUT2D eigenvalue weighted by molar-refractivity contribution is 0.0950. The molecule has 0 radical (unpaired) electrons. The fraction of sp³-hybridized carbons (Fsp3) is 0.217. The normalized spacial score (nSPS) is 10.7. The van der Waals surface area contributed by atoms with Gasteiger partial charge in [0.2, 0.25) is 0 Å². The fourth-order valence-corrected chi connectivity index (χ4v) is 3.58. The summed E-state index contributed by atoms with van der Waals surface area (Å²) in [6, 6.07) is 20.9. The number of nitrogens with one attached hydrogen (secondary N) is 2. The van der Waals surface area contributed by atoms with Gasteiger partial charge >= 0.3 is 0 Å². The van der Waals surface area contributed by atoms with Crippen LogP contribution in [0.2, 0.25) is 0 Å². The third-order valence-electron chi connectivity index (χ3n) is 4.43. The summed E-state index contributed by atoms with van der Waals surface area (Å²) in [4.78, 5) is 27.4. The highest BCUT2D eigenvalue weighted by atomic mass is 32.1. The van der Waals surface area contributed by atoms with E-state index in [2.05, 4.69) is 34.7 Å². The second-order valence-electron chi connectivity index (χ2n) is 6.85. The van der Waals surface area contributed by atoms with Gasteiger partial charge in [0.15, 0.2) is 0 Å². The molecule has 6 heteroatoms. The second-order valence-corrected chi connectivity index (χ2v) is 7.79. The Bertz CT molecular complexity index is 926. The molecule has 0 spiro atoms. The predicted octanol–water partition coefficient (Wildman–Crippen LogP) is 4.25. The van der Waals surface area contributed by atoms with Crippen molar-refractivity contribution < 1.29 is 9.59 Å². The van der Waals surface area contributed by atoms with Crippen molar-refractivity contribution in [3.05, 3.63) is 88.1 Å². The maximum absolute atomic E-state index is 12.4. The van der Waals surface area contributed by atoms with Gasteiger partial charge in [-0.15, -0.1) is 11.3 Å². The third kappa shape index (κ3) is 6.55. The first kappa shape index (κ1) is 20.8. The molecule has 2 aromatic carbocycles. The van der Waals surface area contributed by atoms with Crippen LogP contribution in [0, 0.1) is 0 Å². The minimum Gasteiger partial charge on any atom is -0.352 e. The molecule has 0 bridgehead atoms. The zero-order valence-electron chi connectivity index (χ0n) is 16.4. The van der Waals surface area contributed by atoms with E-state index < -0.39 is 0 Å². The molecule has 0 aliphatic heterocycles. The molecule has 2 amide bonds. The van der Waals surface area contributed by atoms with Crippen molar-refractivity contribution in [1.29, 1.82) is 0 Å². The Hall–Kier alpha value is -2.96. The van der Waals surface area contributed by atoms with Gasteiger partial charge in [-0.2, -0.15) is 0 Å². The molecule has 150 valence electrons. The van der Waals surface area contributed by atoms with Crippen molar-refractivity contribution in [2.24, 2.45) is 0 Å². The Kier molecular flexibility index (Phi) is 7.55. The van der Waals surface area contributed by atoms with Crippen LogP contribution >= 0.6 is 11.3 Å². The highest BCUT2D eigenvalue weighted by Crippen LogP contribution is 2.15. The van der Waals surface area contributed by atoms with Gasteiger partial charge in [-0.05, 0) is 55.2 Å². The highest BCUT2D eigenvalue weighted by molar-refractivity contribution is 7.12. The van der Waals surface area contributed by atoms with Crippen LogP contribution in [-0.2, 0) is 6.54 Å². The lowest BCUT2D eigenvalue weighted by atomic mass is 10.2. The molecule has 1 heterocycles. The average Bonchev–Trinajstić information content (AvgIpc) is 3.27. The smallest absolute Gasteiger partial charge is 0.265 e. The van der Waals surface area contributed by atoms with Crippen molar-refractivity contribution in [3.8, 4) is 0 Å². The van der Waals surface area contributed by atoms with Gasteiger partial charge in [0.25, 0.3) is 11.8 Å². The minimum atomic E-state index is -0.168. The molecule has 3 rings (SSSR count). The average molecular weight is 408 g/mol. The molecular formula is C23H25N3O2S. The van der Waals surface area contributed by atoms with Crippen molar-refractivity contribution >= 4 is 28.8 Å². The molecule has 0 saturated heterocycles. The monoisotopic (exact) mass is 407 g/mol. The first-order valence-electron chi connectivity index (χ1n) is 9.57. The van der Waals surface area contributed by atoms with Crippen LogP contribution < -0.4 is 10.6 Å². The van der Waals surface area contributed by atoms with Gasteiger partial charge in [0.05, 0.1) is 4.88 Å². The molecule has 0 fully saturated rings. The molecule has 0 atom stereocenters. The number of thiophene rings is 1. The Morgan fingerprint density at radius 1 is 0.966 bits per heavy atom. The lowest BCUT2D eigenvalue weighted by Crippen LogP contribution is -2.28. The van der Waals surface area contributed by atoms with Crippen LogP contribution in [0.1, 0.15) is 32.0 Å². The maximum atomic E-state index is 12.4. The SMILES string of the molecule is CN(CCCNC(=O)c1cccc(NC(=O)c2cccs2)c1)Cc1ccccc1. The Morgan fingerprint density at radius 3 is 2.55 bits per heavy atom. The van der Waals surface area contributed by atoms with Crippen LogP contribution in [0.5, 0.6) is 0 Å². The Balaban J connectivity index is 1.43. The van der Waals surface area contributed by atoms with E-state index in [-0.39, 0.29) is 11.8 Å². The molecule has 29 heavy (non-hydrogen) atoms. The van der Waals surface area contributed by atoms with E-state index >= 15 is 0 Å². The van der Waals surface area contributed by atoms with Crippen LogP contribution in [0.25, 0.3) is 0 Å². The standard InChI is InChI=1S/C23H25N3O2S/c1-26(17-18-8-3-2-4-9-18)14-7-13-24-22(27)19-10-5-11-20(16-19)25-23(28)21-12-6-15-29-21/h2-6,8-12,15-16H,7,13-14,17H2,1H3,(H,24,27)(H,25,28). The minimum absolute atomic E-state index is 0.136. The van der Waals surface area contributed by atoms with Crippen LogP contribution in [0.3, 0.4) is 0 Å². The number of rotatable bonds is 9. The summed E-state index contributed by atoms with van der Waals surface area (Å²) >= 11 is 1.38. The summed E-state index contributed by atoms with van der Waals surface area (Å²) in [5.74, 6) is -0.304. The van der Waals surface area contributed by atoms with Gasteiger partial charge < -0.3 is 15.5 Å². The number of carbonyl (C=O) groups is 2. The van der Waals surface area contributed by atoms with E-state index in [1.54, 1.807) is 30.3 Å². The molecule has 0 aliphatic rings. The topological polar surface area (TPSA) is 61.4 Å². The van der Waals surface area contributed by atoms with Crippen LogP contribution in [0.4, 0.5) is 5.69 Å². The Morgan fingerprint density at radius 2 is 1.79 bits per heavy atom. The van der Waals surface area contributed by atoms with E-state index in [9.17, 15) is 9.59 Å². The number of anilines is 1. The number of carbonyl (C=O) groups excluding carboxylic acids is 2. The molecule has 3 aromatic rings. The first-order chi connectivity index (χ1) is 14.1. The summed E-state index contributed by atoms with van der Waals surface area (Å²) in [5.41, 5.74) is 2.42.